The zero-order valence-corrected chi connectivity index (χ0v) is 47.6. The first-order valence-corrected chi connectivity index (χ1v) is 31.5. The molecular weight excluding hydrogens is 861 g/mol. The number of carbonyl (C=O) groups is 2. The Morgan fingerprint density at radius 1 is 0.314 bits per heavy atom. The molecule has 0 rings (SSSR count). The van der Waals surface area contributed by atoms with E-state index in [9.17, 15) is 9.59 Å². The van der Waals surface area contributed by atoms with E-state index < -0.39 is 6.10 Å². The smallest absolute Gasteiger partial charge is 0.306 e. The number of esters is 2. The maximum atomic E-state index is 12.9. The zero-order valence-electron chi connectivity index (χ0n) is 47.6. The molecule has 0 heterocycles. The normalized spacial score (nSPS) is 12.3. The van der Waals surface area contributed by atoms with Gasteiger partial charge in [0.25, 0.3) is 0 Å². The van der Waals surface area contributed by atoms with Crippen molar-refractivity contribution in [3.8, 4) is 0 Å². The fourth-order valence-corrected chi connectivity index (χ4v) is 9.42. The van der Waals surface area contributed by atoms with Gasteiger partial charge >= 0.3 is 11.9 Å². The first kappa shape index (κ1) is 68.1. The molecule has 0 aliphatic heterocycles. The third-order valence-electron chi connectivity index (χ3n) is 14.1. The highest BCUT2D eigenvalue weighted by molar-refractivity contribution is 5.70. The average molecular weight is 984 g/mol. The summed E-state index contributed by atoms with van der Waals surface area (Å²) >= 11 is 0. The van der Waals surface area contributed by atoms with Crippen molar-refractivity contribution in [1.29, 1.82) is 0 Å². The summed E-state index contributed by atoms with van der Waals surface area (Å²) in [4.78, 5) is 25.6. The van der Waals surface area contributed by atoms with E-state index in [-0.39, 0.29) is 25.2 Å². The van der Waals surface area contributed by atoms with Crippen LogP contribution in [0, 0.1) is 0 Å². The van der Waals surface area contributed by atoms with Gasteiger partial charge in [-0.15, -0.1) is 0 Å². The quantitative estimate of drug-likeness (QED) is 0.0345. The molecule has 0 radical (unpaired) electrons. The predicted octanol–water partition coefficient (Wildman–Crippen LogP) is 21.7. The van der Waals surface area contributed by atoms with Crippen LogP contribution < -0.4 is 0 Å². The minimum Gasteiger partial charge on any atom is -0.462 e. The molecule has 0 bridgehead atoms. The molecule has 70 heavy (non-hydrogen) atoms. The molecule has 0 amide bonds. The summed E-state index contributed by atoms with van der Waals surface area (Å²) in [7, 11) is 0. The Morgan fingerprint density at radius 3 is 0.986 bits per heavy atom. The fourth-order valence-electron chi connectivity index (χ4n) is 9.42. The Kier molecular flexibility index (Phi) is 59.8. The van der Waals surface area contributed by atoms with Crippen molar-refractivity contribution in [2.45, 2.75) is 348 Å². The van der Waals surface area contributed by atoms with Crippen LogP contribution in [0.5, 0.6) is 0 Å². The fraction of sp³-hybridized carbons (Fsp3) is 0.877. The maximum absolute atomic E-state index is 12.9. The van der Waals surface area contributed by atoms with Crippen LogP contribution in [0.1, 0.15) is 342 Å². The van der Waals surface area contributed by atoms with Crippen LogP contribution >= 0.6 is 0 Å². The lowest BCUT2D eigenvalue weighted by atomic mass is 10.0. The number of ether oxygens (including phenoxy) is 3. The van der Waals surface area contributed by atoms with Crippen molar-refractivity contribution < 1.29 is 23.8 Å². The Morgan fingerprint density at radius 2 is 0.600 bits per heavy atom. The second kappa shape index (κ2) is 61.4. The zero-order chi connectivity index (χ0) is 50.6. The van der Waals surface area contributed by atoms with Crippen LogP contribution in [0.3, 0.4) is 0 Å². The molecular formula is C65H122O5. The number of allylic oxidation sites excluding steroid dienone is 6. The van der Waals surface area contributed by atoms with Gasteiger partial charge < -0.3 is 14.2 Å². The van der Waals surface area contributed by atoms with Crippen LogP contribution in [0.15, 0.2) is 36.5 Å². The van der Waals surface area contributed by atoms with E-state index in [0.717, 1.165) is 44.9 Å². The molecule has 5 heteroatoms. The molecule has 0 aromatic carbocycles. The molecule has 5 nitrogen and oxygen atoms in total. The van der Waals surface area contributed by atoms with Crippen LogP contribution in [-0.2, 0) is 23.8 Å². The largest absolute Gasteiger partial charge is 0.462 e. The van der Waals surface area contributed by atoms with Gasteiger partial charge in [0, 0.05) is 19.4 Å². The molecule has 0 aromatic heterocycles. The van der Waals surface area contributed by atoms with Gasteiger partial charge in [-0.05, 0) is 77.0 Å². The van der Waals surface area contributed by atoms with E-state index >= 15 is 0 Å². The van der Waals surface area contributed by atoms with Crippen molar-refractivity contribution in [1.82, 2.24) is 0 Å². The molecule has 1 unspecified atom stereocenters. The third kappa shape index (κ3) is 58.7. The SMILES string of the molecule is CCCCC/C=C\C/C=C\CCCCCCCCCCCC(=O)OCC(COCCCCCCCC/C=C\CCCCCCCC)OC(=O)CCCCCCCCCCCCCCCCCCCCC. The van der Waals surface area contributed by atoms with Crippen molar-refractivity contribution in [2.75, 3.05) is 19.8 Å². The van der Waals surface area contributed by atoms with E-state index in [2.05, 4.69) is 57.2 Å². The molecule has 0 saturated heterocycles. The second-order valence-electron chi connectivity index (χ2n) is 21.3. The summed E-state index contributed by atoms with van der Waals surface area (Å²) in [5, 5.41) is 0. The third-order valence-corrected chi connectivity index (χ3v) is 14.1. The number of hydrogen-bond acceptors (Lipinski definition) is 5. The van der Waals surface area contributed by atoms with Gasteiger partial charge in [0.05, 0.1) is 6.61 Å². The number of unbranched alkanes of at least 4 members (excludes halogenated alkanes) is 42. The number of rotatable bonds is 59. The van der Waals surface area contributed by atoms with Gasteiger partial charge in [0.1, 0.15) is 6.61 Å². The summed E-state index contributed by atoms with van der Waals surface area (Å²) in [6.45, 7) is 7.86. The summed E-state index contributed by atoms with van der Waals surface area (Å²) in [6.07, 6.45) is 76.0. The van der Waals surface area contributed by atoms with E-state index in [4.69, 9.17) is 14.2 Å². The highest BCUT2D eigenvalue weighted by Gasteiger charge is 2.18. The van der Waals surface area contributed by atoms with E-state index in [1.165, 1.54) is 263 Å². The van der Waals surface area contributed by atoms with Gasteiger partial charge in [-0.2, -0.15) is 0 Å². The Bertz CT molecular complexity index is 1110. The van der Waals surface area contributed by atoms with E-state index in [0.29, 0.717) is 19.4 Å². The highest BCUT2D eigenvalue weighted by Crippen LogP contribution is 2.17. The molecule has 1 atom stereocenters. The first-order chi connectivity index (χ1) is 34.6. The lowest BCUT2D eigenvalue weighted by Crippen LogP contribution is -2.30. The lowest BCUT2D eigenvalue weighted by Gasteiger charge is -2.18. The maximum Gasteiger partial charge on any atom is 0.306 e. The topological polar surface area (TPSA) is 61.8 Å². The van der Waals surface area contributed by atoms with Crippen molar-refractivity contribution >= 4 is 11.9 Å². The first-order valence-electron chi connectivity index (χ1n) is 31.5. The van der Waals surface area contributed by atoms with Gasteiger partial charge in [0.15, 0.2) is 6.10 Å². The summed E-state index contributed by atoms with van der Waals surface area (Å²) < 4.78 is 17.5. The summed E-state index contributed by atoms with van der Waals surface area (Å²) in [5.74, 6) is -0.382. The lowest BCUT2D eigenvalue weighted by molar-refractivity contribution is -0.163. The molecule has 0 N–H and O–H groups in total. The van der Waals surface area contributed by atoms with Crippen molar-refractivity contribution in [3.05, 3.63) is 36.5 Å². The second-order valence-corrected chi connectivity index (χ2v) is 21.3. The number of carbonyl (C=O) groups excluding carboxylic acids is 2. The monoisotopic (exact) mass is 983 g/mol. The highest BCUT2D eigenvalue weighted by atomic mass is 16.6. The van der Waals surface area contributed by atoms with Gasteiger partial charge in [-0.25, -0.2) is 0 Å². The molecule has 0 fully saturated rings. The minimum absolute atomic E-state index is 0.0864. The van der Waals surface area contributed by atoms with Crippen molar-refractivity contribution in [3.63, 3.8) is 0 Å². The molecule has 0 aromatic rings. The molecule has 0 saturated carbocycles. The van der Waals surface area contributed by atoms with Crippen LogP contribution in [0.2, 0.25) is 0 Å². The predicted molar refractivity (Wildman–Crippen MR) is 307 cm³/mol. The van der Waals surface area contributed by atoms with Crippen molar-refractivity contribution in [2.24, 2.45) is 0 Å². The minimum atomic E-state index is -0.538. The van der Waals surface area contributed by atoms with E-state index in [1.54, 1.807) is 0 Å². The average Bonchev–Trinajstić information content (AvgIpc) is 3.36. The van der Waals surface area contributed by atoms with Gasteiger partial charge in [-0.1, -0.05) is 288 Å². The summed E-state index contributed by atoms with van der Waals surface area (Å²) in [6, 6.07) is 0. The van der Waals surface area contributed by atoms with E-state index in [1.807, 2.05) is 0 Å². The Hall–Kier alpha value is -1.88. The molecule has 412 valence electrons. The van der Waals surface area contributed by atoms with Gasteiger partial charge in [0.2, 0.25) is 0 Å². The van der Waals surface area contributed by atoms with Crippen LogP contribution in [-0.4, -0.2) is 37.9 Å². The summed E-state index contributed by atoms with van der Waals surface area (Å²) in [5.41, 5.74) is 0. The Balaban J connectivity index is 4.23. The molecule has 0 aliphatic carbocycles. The Labute approximate surface area is 438 Å². The number of hydrogen-bond donors (Lipinski definition) is 0. The standard InChI is InChI=1S/C65H122O5/c1-4-7-10-13-16-19-22-25-28-31-33-35-37-40-43-46-49-52-55-58-64(66)69-62-63(61-68-60-57-54-51-48-45-42-39-30-27-24-21-18-15-12-9-6-3)70-65(67)59-56-53-50-47-44-41-38-36-34-32-29-26-23-20-17-14-11-8-5-2/h16,19,25,27-28,30,63H,4-15,17-18,20-24,26,29,31-62H2,1-3H3/b19-16-,28-25-,30-27-. The van der Waals surface area contributed by atoms with Crippen LogP contribution in [0.25, 0.3) is 0 Å². The van der Waals surface area contributed by atoms with Gasteiger partial charge in [-0.3, -0.25) is 9.59 Å². The van der Waals surface area contributed by atoms with Crippen LogP contribution in [0.4, 0.5) is 0 Å². The molecule has 0 aliphatic rings. The molecule has 0 spiro atoms.